The first-order valence-corrected chi connectivity index (χ1v) is 11.5. The fourth-order valence-electron chi connectivity index (χ4n) is 4.64. The van der Waals surface area contributed by atoms with Crippen molar-refractivity contribution in [1.82, 2.24) is 4.72 Å². The normalized spacial score (nSPS) is 22.8. The second kappa shape index (κ2) is 7.41. The number of fused-ring (bicyclic) bond motifs is 2. The molecule has 0 amide bonds. The van der Waals surface area contributed by atoms with Gasteiger partial charge in [0.2, 0.25) is 10.0 Å². The van der Waals surface area contributed by atoms with E-state index < -0.39 is 51.2 Å². The second-order valence-electron chi connectivity index (χ2n) is 8.91. The van der Waals surface area contributed by atoms with Gasteiger partial charge in [0.1, 0.15) is 0 Å². The van der Waals surface area contributed by atoms with Crippen molar-refractivity contribution in [3.8, 4) is 5.75 Å². The summed E-state index contributed by atoms with van der Waals surface area (Å²) in [5.41, 5.74) is -5.58. The summed E-state index contributed by atoms with van der Waals surface area (Å²) in [4.78, 5) is -0.302. The maximum absolute atomic E-state index is 14.2. The van der Waals surface area contributed by atoms with E-state index in [1.54, 1.807) is 24.3 Å². The van der Waals surface area contributed by atoms with Crippen molar-refractivity contribution >= 4 is 20.8 Å². The monoisotopic (exact) mass is 483 g/mol. The number of sulfonamides is 1. The Kier molecular flexibility index (Phi) is 5.27. The Balaban J connectivity index is 1.90. The highest BCUT2D eigenvalue weighted by molar-refractivity contribution is 7.89. The van der Waals surface area contributed by atoms with Crippen molar-refractivity contribution in [2.45, 2.75) is 48.4 Å². The number of alkyl halides is 3. The molecule has 0 saturated heterocycles. The number of aliphatic hydroxyl groups is 1. The fourth-order valence-corrected chi connectivity index (χ4v) is 5.93. The zero-order chi connectivity index (χ0) is 24.4. The van der Waals surface area contributed by atoms with Gasteiger partial charge >= 0.3 is 6.18 Å². The summed E-state index contributed by atoms with van der Waals surface area (Å²) in [6.07, 6.45) is -6.24. The molecule has 0 spiro atoms. The molecule has 0 radical (unpaired) electrons. The number of nitrogens with one attached hydrogen (secondary N) is 1. The van der Waals surface area contributed by atoms with Gasteiger partial charge in [-0.2, -0.15) is 13.2 Å². The summed E-state index contributed by atoms with van der Waals surface area (Å²) in [5, 5.41) is 22.4. The number of benzene rings is 3. The van der Waals surface area contributed by atoms with Crippen LogP contribution in [-0.2, 0) is 15.4 Å². The summed E-state index contributed by atoms with van der Waals surface area (Å²) in [7, 11) is -4.57. The van der Waals surface area contributed by atoms with E-state index in [0.29, 0.717) is 5.39 Å². The van der Waals surface area contributed by atoms with Gasteiger partial charge in [0.15, 0.2) is 17.2 Å². The lowest BCUT2D eigenvalue weighted by molar-refractivity contribution is -0.279. The van der Waals surface area contributed by atoms with Gasteiger partial charge in [0.05, 0.1) is 10.9 Å². The third kappa shape index (κ3) is 3.75. The molecule has 0 aromatic heterocycles. The van der Waals surface area contributed by atoms with Crippen LogP contribution in [0.3, 0.4) is 0 Å². The number of rotatable bonds is 3. The van der Waals surface area contributed by atoms with Crippen LogP contribution in [0.15, 0.2) is 59.5 Å². The number of hydrogen-bond donors (Lipinski definition) is 3. The summed E-state index contributed by atoms with van der Waals surface area (Å²) >= 11 is 0. The van der Waals surface area contributed by atoms with E-state index in [1.807, 2.05) is 4.72 Å². The van der Waals surface area contributed by atoms with Gasteiger partial charge in [-0.15, -0.1) is 0 Å². The zero-order valence-electron chi connectivity index (χ0n) is 17.6. The first-order valence-electron chi connectivity index (χ1n) is 9.99. The Hall–Kier alpha value is -2.69. The van der Waals surface area contributed by atoms with Gasteiger partial charge in [-0.05, 0) is 46.4 Å². The molecule has 0 aliphatic heterocycles. The predicted octanol–water partition coefficient (Wildman–Crippen LogP) is 4.68. The quantitative estimate of drug-likeness (QED) is 0.473. The Labute approximate surface area is 187 Å². The van der Waals surface area contributed by atoms with Gasteiger partial charge in [-0.25, -0.2) is 17.5 Å². The van der Waals surface area contributed by atoms with E-state index in [0.717, 1.165) is 17.5 Å². The van der Waals surface area contributed by atoms with Gasteiger partial charge in [-0.1, -0.05) is 50.2 Å². The Bertz CT molecular complexity index is 1350. The highest BCUT2D eigenvalue weighted by Crippen LogP contribution is 2.55. The Morgan fingerprint density at radius 2 is 1.67 bits per heavy atom. The Morgan fingerprint density at radius 3 is 2.30 bits per heavy atom. The van der Waals surface area contributed by atoms with E-state index in [4.69, 9.17) is 0 Å². The second-order valence-corrected chi connectivity index (χ2v) is 10.6. The summed E-state index contributed by atoms with van der Waals surface area (Å²) in [6.45, 7) is 2.63. The minimum atomic E-state index is -5.23. The van der Waals surface area contributed by atoms with Crippen molar-refractivity contribution in [3.63, 3.8) is 0 Å². The molecule has 1 aliphatic carbocycles. The molecule has 3 aromatic carbocycles. The van der Waals surface area contributed by atoms with Crippen molar-refractivity contribution in [1.29, 1.82) is 0 Å². The third-order valence-electron chi connectivity index (χ3n) is 6.13. The SMILES string of the molecule is CC1(C)C[C@](O)(C(F)(F)F)[C@H](NS(=O)(=O)c2ccc3ccccc3c2)c2ccc(F)c(O)c21. The van der Waals surface area contributed by atoms with E-state index in [1.165, 1.54) is 32.0 Å². The molecule has 0 heterocycles. The molecule has 0 saturated carbocycles. The molecule has 1 aliphatic rings. The smallest absolute Gasteiger partial charge is 0.419 e. The third-order valence-corrected chi connectivity index (χ3v) is 7.55. The van der Waals surface area contributed by atoms with Gasteiger partial charge in [0, 0.05) is 5.56 Å². The van der Waals surface area contributed by atoms with E-state index >= 15 is 0 Å². The summed E-state index contributed by atoms with van der Waals surface area (Å²) < 4.78 is 84.8. The Morgan fingerprint density at radius 1 is 1.03 bits per heavy atom. The van der Waals surface area contributed by atoms with Crippen LogP contribution in [0.2, 0.25) is 0 Å². The zero-order valence-corrected chi connectivity index (χ0v) is 18.4. The molecule has 33 heavy (non-hydrogen) atoms. The molecule has 5 nitrogen and oxygen atoms in total. The molecule has 0 fully saturated rings. The number of phenolic OH excluding ortho intramolecular Hbond substituents is 1. The lowest BCUT2D eigenvalue weighted by Gasteiger charge is -2.48. The van der Waals surface area contributed by atoms with Gasteiger partial charge < -0.3 is 10.2 Å². The van der Waals surface area contributed by atoms with Crippen LogP contribution in [0.1, 0.15) is 37.4 Å². The molecule has 176 valence electrons. The molecule has 3 N–H and O–H groups in total. The van der Waals surface area contributed by atoms with Crippen LogP contribution in [0.4, 0.5) is 17.6 Å². The molecule has 2 atom stereocenters. The van der Waals surface area contributed by atoms with E-state index in [-0.39, 0.29) is 16.0 Å². The van der Waals surface area contributed by atoms with Gasteiger partial charge in [-0.3, -0.25) is 0 Å². The van der Waals surface area contributed by atoms with E-state index in [9.17, 15) is 36.2 Å². The van der Waals surface area contributed by atoms with Crippen LogP contribution >= 0.6 is 0 Å². The molecular formula is C23H21F4NO4S. The first kappa shape index (κ1) is 23.5. The maximum atomic E-state index is 14.2. The van der Waals surface area contributed by atoms with Crippen LogP contribution in [0, 0.1) is 5.82 Å². The predicted molar refractivity (Wildman–Crippen MR) is 114 cm³/mol. The first-order chi connectivity index (χ1) is 15.2. The largest absolute Gasteiger partial charge is 0.505 e. The lowest BCUT2D eigenvalue weighted by Crippen LogP contribution is -2.60. The summed E-state index contributed by atoms with van der Waals surface area (Å²) in [5.74, 6) is -1.94. The highest BCUT2D eigenvalue weighted by atomic mass is 32.2. The van der Waals surface area contributed by atoms with Crippen molar-refractivity contribution in [2.24, 2.45) is 0 Å². The molecular weight excluding hydrogens is 462 g/mol. The number of halogens is 4. The van der Waals surface area contributed by atoms with Crippen LogP contribution in [0.25, 0.3) is 10.8 Å². The molecule has 0 bridgehead atoms. The average molecular weight is 483 g/mol. The molecule has 10 heteroatoms. The molecule has 3 aromatic rings. The minimum Gasteiger partial charge on any atom is -0.505 e. The minimum absolute atomic E-state index is 0.192. The van der Waals surface area contributed by atoms with Crippen molar-refractivity contribution < 1.29 is 36.2 Å². The van der Waals surface area contributed by atoms with Crippen molar-refractivity contribution in [2.75, 3.05) is 0 Å². The average Bonchev–Trinajstić information content (AvgIpc) is 2.71. The van der Waals surface area contributed by atoms with Gasteiger partial charge in [0.25, 0.3) is 0 Å². The van der Waals surface area contributed by atoms with Crippen LogP contribution < -0.4 is 4.72 Å². The van der Waals surface area contributed by atoms with E-state index in [2.05, 4.69) is 0 Å². The van der Waals surface area contributed by atoms with Crippen molar-refractivity contribution in [3.05, 3.63) is 71.5 Å². The highest BCUT2D eigenvalue weighted by Gasteiger charge is 2.65. The van der Waals surface area contributed by atoms with Crippen LogP contribution in [-0.4, -0.2) is 30.4 Å². The topological polar surface area (TPSA) is 86.6 Å². The maximum Gasteiger partial charge on any atom is 0.419 e. The molecule has 4 rings (SSSR count). The standard InChI is InChI=1S/C23H21F4NO4S/c1-21(2)12-22(30,23(25,26)27)20(16-9-10-17(24)19(29)18(16)21)28-33(31,32)15-8-7-13-5-3-4-6-14(13)11-15/h3-11,20,28-30H,12H2,1-2H3/t20-,22-/m1/s1. The fraction of sp³-hybridized carbons (Fsp3) is 0.304. The number of hydrogen-bond acceptors (Lipinski definition) is 4. The lowest BCUT2D eigenvalue weighted by atomic mass is 9.63. The number of phenols is 1. The number of aromatic hydroxyl groups is 1. The van der Waals surface area contributed by atoms with Crippen LogP contribution in [0.5, 0.6) is 5.75 Å². The summed E-state index contributed by atoms with van der Waals surface area (Å²) in [6, 6.07) is 10.4. The molecule has 0 unspecified atom stereocenters.